The van der Waals surface area contributed by atoms with E-state index >= 15 is 0 Å². The second-order valence-electron chi connectivity index (χ2n) is 16.2. The summed E-state index contributed by atoms with van der Waals surface area (Å²) in [6.45, 7) is 20.6. The smallest absolute Gasteiger partial charge is 0.717 e. The molecule has 300 valence electrons. The second-order valence-corrected chi connectivity index (χ2v) is 24.4. The molecule has 1 N–H and O–H groups in total. The van der Waals surface area contributed by atoms with E-state index in [4.69, 9.17) is 9.47 Å². The molecule has 0 aliphatic rings. The Bertz CT molecular complexity index is 1890. The molecule has 4 rings (SSSR count). The third kappa shape index (κ3) is 9.80. The van der Waals surface area contributed by atoms with Crippen molar-refractivity contribution in [2.45, 2.75) is 119 Å². The normalized spacial score (nSPS) is 12.1. The molecule has 0 saturated heterocycles. The largest absolute Gasteiger partial charge is 2.00 e. The summed E-state index contributed by atoms with van der Waals surface area (Å²) in [5.41, 5.74) is 8.52. The summed E-state index contributed by atoms with van der Waals surface area (Å²) in [4.78, 5) is 0. The predicted octanol–water partition coefficient (Wildman–Crippen LogP) is 12.3. The molecule has 0 fully saturated rings. The van der Waals surface area contributed by atoms with Crippen molar-refractivity contribution in [2.24, 2.45) is 0 Å². The van der Waals surface area contributed by atoms with Crippen LogP contribution in [0.3, 0.4) is 0 Å². The Morgan fingerprint density at radius 1 is 0.722 bits per heavy atom. The van der Waals surface area contributed by atoms with Gasteiger partial charge in [-0.2, -0.15) is 0 Å². The first-order valence-electron chi connectivity index (χ1n) is 18.1. The van der Waals surface area contributed by atoms with Crippen molar-refractivity contribution in [1.29, 1.82) is 0 Å². The number of anilines is 1. The predicted molar refractivity (Wildman–Crippen MR) is 230 cm³/mol. The molecule has 0 bridgehead atoms. The molecular formula is C45H65NO5PPdS+. The molecule has 6 nitrogen and oxygen atoms in total. The number of nitrogens with one attached hydrogen (secondary N) is 1. The maximum Gasteiger partial charge on any atom is 2.00 e. The standard InChI is InChI=1S/C31H49O5PS.C13H12N.CH4.Pd/c1-19(2)22-17-23(20(3)4)27(24(18-22)21(5)6)28-25(35-13)15-16-26(36-14)29(28)37(30(7,8)9,31(10,11)12)38(32,33)34;1-14-13-10-6-5-9-12(13)11-7-3-2-4-8-11;;/h15-21H,1-14H3;2-7,9-10,14H,1H3;1H4;/q;-1;;+2. The fourth-order valence-electron chi connectivity index (χ4n) is 7.64. The van der Waals surface area contributed by atoms with Crippen LogP contribution in [-0.2, 0) is 30.2 Å². The maximum absolute atomic E-state index is 13.8. The summed E-state index contributed by atoms with van der Waals surface area (Å²) >= 11 is 0. The third-order valence-corrected chi connectivity index (χ3v) is 21.0. The SMILES string of the molecule is C.CNc1ccccc1-c1[c-]cccc1.COc1ccc(OC)c([P+](C(C)(C)C)(C(C)(C)C)S(=O)(=O)[O-])c1-c1c(C(C)C)cc(C(C)C)cc1C(C)C.[Pd+2]. The van der Waals surface area contributed by atoms with Crippen LogP contribution in [0, 0.1) is 6.07 Å². The monoisotopic (exact) mass is 868 g/mol. The van der Waals surface area contributed by atoms with Gasteiger partial charge in [0.2, 0.25) is 9.74 Å². The van der Waals surface area contributed by atoms with Gasteiger partial charge in [-0.15, -0.1) is 35.9 Å². The molecular weight excluding hydrogens is 804 g/mol. The van der Waals surface area contributed by atoms with Crippen molar-refractivity contribution in [1.82, 2.24) is 0 Å². The van der Waals surface area contributed by atoms with Crippen LogP contribution < -0.4 is 20.1 Å². The van der Waals surface area contributed by atoms with Crippen LogP contribution in [0.1, 0.15) is 125 Å². The molecule has 4 aromatic carbocycles. The van der Waals surface area contributed by atoms with Gasteiger partial charge in [-0.3, -0.25) is 0 Å². The van der Waals surface area contributed by atoms with Crippen LogP contribution in [0.25, 0.3) is 22.3 Å². The van der Waals surface area contributed by atoms with Gasteiger partial charge in [0.05, 0.1) is 30.1 Å². The Balaban J connectivity index is 0.000000759. The number of benzene rings is 4. The van der Waals surface area contributed by atoms with E-state index in [1.54, 1.807) is 20.3 Å². The van der Waals surface area contributed by atoms with Crippen molar-refractivity contribution < 1.29 is 42.9 Å². The molecule has 0 heterocycles. The van der Waals surface area contributed by atoms with E-state index < -0.39 is 26.5 Å². The van der Waals surface area contributed by atoms with Crippen LogP contribution in [0.15, 0.2) is 72.8 Å². The molecule has 0 aromatic heterocycles. The molecule has 9 heteroatoms. The van der Waals surface area contributed by atoms with Crippen LogP contribution in [0.5, 0.6) is 11.5 Å². The van der Waals surface area contributed by atoms with Crippen LogP contribution >= 0.6 is 6.46 Å². The number of rotatable bonds is 10. The van der Waals surface area contributed by atoms with Crippen molar-refractivity contribution in [3.05, 3.63) is 95.6 Å². The molecule has 0 aliphatic carbocycles. The van der Waals surface area contributed by atoms with Gasteiger partial charge >= 0.3 is 20.4 Å². The van der Waals surface area contributed by atoms with Crippen molar-refractivity contribution >= 4 is 27.2 Å². The minimum absolute atomic E-state index is 0. The van der Waals surface area contributed by atoms with E-state index in [0.717, 1.165) is 27.9 Å². The fourth-order valence-corrected chi connectivity index (χ4v) is 18.8. The summed E-state index contributed by atoms with van der Waals surface area (Å²) in [5, 5.41) is 1.89. The summed E-state index contributed by atoms with van der Waals surface area (Å²) in [5.74, 6) is 1.57. The topological polar surface area (TPSA) is 87.7 Å². The van der Waals surface area contributed by atoms with Gasteiger partial charge in [0.15, 0.2) is 17.5 Å². The zero-order chi connectivity index (χ0) is 39.4. The molecule has 0 aliphatic heterocycles. The Kier molecular flexibility index (Phi) is 17.7. The molecule has 54 heavy (non-hydrogen) atoms. The van der Waals surface area contributed by atoms with Gasteiger partial charge in [-0.05, 0) is 105 Å². The second kappa shape index (κ2) is 19.4. The van der Waals surface area contributed by atoms with E-state index in [1.807, 2.05) is 85.0 Å². The van der Waals surface area contributed by atoms with Crippen molar-refractivity contribution in [3.8, 4) is 33.8 Å². The molecule has 0 saturated carbocycles. The first kappa shape index (κ1) is 49.3. The maximum atomic E-state index is 13.8. The van der Waals surface area contributed by atoms with Gasteiger partial charge in [-0.25, -0.2) is 8.42 Å². The Morgan fingerprint density at radius 2 is 1.20 bits per heavy atom. The van der Waals surface area contributed by atoms with E-state index in [-0.39, 0.29) is 39.7 Å². The number of hydrogen-bond acceptors (Lipinski definition) is 6. The third-order valence-electron chi connectivity index (χ3n) is 9.66. The van der Waals surface area contributed by atoms with Crippen molar-refractivity contribution in [3.63, 3.8) is 0 Å². The Hall–Kier alpha value is -2.72. The first-order valence-corrected chi connectivity index (χ1v) is 21.9. The Morgan fingerprint density at radius 3 is 1.59 bits per heavy atom. The summed E-state index contributed by atoms with van der Waals surface area (Å²) in [6, 6.07) is 27.5. The van der Waals surface area contributed by atoms with E-state index in [2.05, 4.69) is 83.3 Å². The minimum atomic E-state index is -4.85. The Labute approximate surface area is 342 Å². The first-order chi connectivity index (χ1) is 24.1. The number of hydrogen-bond donors (Lipinski definition) is 1. The molecule has 0 spiro atoms. The number of para-hydroxylation sites is 1. The quantitative estimate of drug-likeness (QED) is 0.0739. The van der Waals surface area contributed by atoms with Crippen LogP contribution in [0.2, 0.25) is 0 Å². The zero-order valence-corrected chi connectivity index (χ0v) is 37.6. The van der Waals surface area contributed by atoms with Gasteiger partial charge in [0.1, 0.15) is 5.75 Å². The van der Waals surface area contributed by atoms with Crippen LogP contribution in [0.4, 0.5) is 5.69 Å². The van der Waals surface area contributed by atoms with Gasteiger partial charge < -0.3 is 19.3 Å². The molecule has 0 atom stereocenters. The van der Waals surface area contributed by atoms with Gasteiger partial charge in [0, 0.05) is 7.05 Å². The van der Waals surface area contributed by atoms with Crippen LogP contribution in [-0.4, -0.2) is 44.5 Å². The minimum Gasteiger partial charge on any atom is -0.717 e. The molecule has 0 unspecified atom stereocenters. The van der Waals surface area contributed by atoms with E-state index in [9.17, 15) is 13.0 Å². The summed E-state index contributed by atoms with van der Waals surface area (Å²) in [7, 11) is 0.229. The van der Waals surface area contributed by atoms with E-state index in [1.165, 1.54) is 11.1 Å². The molecule has 4 aromatic rings. The summed E-state index contributed by atoms with van der Waals surface area (Å²) in [6.07, 6.45) is 0. The van der Waals surface area contributed by atoms with Crippen molar-refractivity contribution in [2.75, 3.05) is 26.6 Å². The summed E-state index contributed by atoms with van der Waals surface area (Å²) < 4.78 is 53.2. The van der Waals surface area contributed by atoms with E-state index in [0.29, 0.717) is 28.3 Å². The average Bonchev–Trinajstić information content (AvgIpc) is 3.06. The fraction of sp³-hybridized carbons (Fsp3) is 0.467. The number of ether oxygens (including phenoxy) is 2. The van der Waals surface area contributed by atoms with Gasteiger partial charge in [0.25, 0.3) is 0 Å². The average molecular weight is 869 g/mol. The number of methoxy groups -OCH3 is 2. The zero-order valence-electron chi connectivity index (χ0n) is 34.4. The molecule has 0 radical (unpaired) electrons. The van der Waals surface area contributed by atoms with Gasteiger partial charge in [-0.1, -0.05) is 84.9 Å². The molecule has 0 amide bonds.